The molecule has 2 unspecified atom stereocenters. The van der Waals surface area contributed by atoms with E-state index in [1.807, 2.05) is 13.8 Å². The number of aliphatic hydroxyl groups is 1. The van der Waals surface area contributed by atoms with E-state index in [9.17, 15) is 5.11 Å². The van der Waals surface area contributed by atoms with E-state index in [4.69, 9.17) is 10.00 Å². The lowest BCUT2D eigenvalue weighted by Crippen LogP contribution is -2.48. The Labute approximate surface area is 85.1 Å². The maximum absolute atomic E-state index is 9.87. The molecule has 0 aliphatic carbocycles. The number of nitrogens with zero attached hydrogens (tertiary/aromatic N) is 2. The van der Waals surface area contributed by atoms with Gasteiger partial charge in [0.1, 0.15) is 0 Å². The van der Waals surface area contributed by atoms with Gasteiger partial charge in [-0.2, -0.15) is 5.26 Å². The van der Waals surface area contributed by atoms with Gasteiger partial charge in [-0.25, -0.2) is 0 Å². The predicted octanol–water partition coefficient (Wildman–Crippen LogP) is 0.372. The van der Waals surface area contributed by atoms with Gasteiger partial charge >= 0.3 is 0 Å². The highest BCUT2D eigenvalue weighted by Gasteiger charge is 2.26. The van der Waals surface area contributed by atoms with E-state index in [-0.39, 0.29) is 6.10 Å². The highest BCUT2D eigenvalue weighted by molar-refractivity contribution is 4.90. The van der Waals surface area contributed by atoms with Crippen molar-refractivity contribution < 1.29 is 9.84 Å². The molecule has 0 spiro atoms. The van der Waals surface area contributed by atoms with Crippen LogP contribution in [-0.4, -0.2) is 48.0 Å². The van der Waals surface area contributed by atoms with E-state index in [1.165, 1.54) is 0 Å². The van der Waals surface area contributed by atoms with Crippen LogP contribution in [0.15, 0.2) is 0 Å². The Morgan fingerprint density at radius 2 is 2.43 bits per heavy atom. The minimum absolute atomic E-state index is 0.337. The van der Waals surface area contributed by atoms with Gasteiger partial charge in [0.2, 0.25) is 0 Å². The molecule has 0 amide bonds. The van der Waals surface area contributed by atoms with Crippen molar-refractivity contribution in [3.8, 4) is 6.07 Å². The zero-order valence-electron chi connectivity index (χ0n) is 8.86. The number of hydrogen-bond donors (Lipinski definition) is 1. The Morgan fingerprint density at radius 3 is 3.00 bits per heavy atom. The molecule has 0 aromatic rings. The second-order valence-electron chi connectivity index (χ2n) is 4.07. The number of hydrogen-bond acceptors (Lipinski definition) is 4. The quantitative estimate of drug-likeness (QED) is 0.712. The lowest BCUT2D eigenvalue weighted by Gasteiger charge is -2.34. The zero-order valence-corrected chi connectivity index (χ0v) is 8.86. The van der Waals surface area contributed by atoms with E-state index in [0.717, 1.165) is 13.0 Å². The van der Waals surface area contributed by atoms with Gasteiger partial charge in [-0.3, -0.25) is 4.90 Å². The molecule has 0 aromatic heterocycles. The van der Waals surface area contributed by atoms with Crippen LogP contribution in [0.4, 0.5) is 0 Å². The summed E-state index contributed by atoms with van der Waals surface area (Å²) in [7, 11) is 0. The molecular formula is C10H18N2O2. The Hall–Kier alpha value is -0.630. The Balaban J connectivity index is 2.42. The van der Waals surface area contributed by atoms with Gasteiger partial charge in [-0.1, -0.05) is 6.92 Å². The second kappa shape index (κ2) is 4.74. The van der Waals surface area contributed by atoms with Gasteiger partial charge in [0.15, 0.2) is 6.10 Å². The average molecular weight is 198 g/mol. The third kappa shape index (κ3) is 3.26. The van der Waals surface area contributed by atoms with Crippen molar-refractivity contribution in [3.63, 3.8) is 0 Å². The summed E-state index contributed by atoms with van der Waals surface area (Å²) in [5, 5.41) is 18.6. The molecule has 4 heteroatoms. The van der Waals surface area contributed by atoms with Gasteiger partial charge in [-0.15, -0.1) is 0 Å². The number of ether oxygens (including phenoxy) is 1. The molecule has 0 radical (unpaired) electrons. The lowest BCUT2D eigenvalue weighted by atomic mass is 10.0. The van der Waals surface area contributed by atoms with Gasteiger partial charge in [0.25, 0.3) is 0 Å². The fraction of sp³-hybridized carbons (Fsp3) is 0.900. The first kappa shape index (κ1) is 11.4. The van der Waals surface area contributed by atoms with Gasteiger partial charge in [0, 0.05) is 19.6 Å². The zero-order chi connectivity index (χ0) is 10.6. The van der Waals surface area contributed by atoms with Crippen molar-refractivity contribution in [1.29, 1.82) is 5.26 Å². The number of morpholine rings is 1. The van der Waals surface area contributed by atoms with Gasteiger partial charge < -0.3 is 9.84 Å². The SMILES string of the molecule is CCC(C)(O)CN1CCOC(C#N)C1. The summed E-state index contributed by atoms with van der Waals surface area (Å²) in [6.07, 6.45) is 0.387. The van der Waals surface area contributed by atoms with Crippen molar-refractivity contribution in [2.75, 3.05) is 26.2 Å². The lowest BCUT2D eigenvalue weighted by molar-refractivity contribution is -0.0426. The molecule has 1 fully saturated rings. The summed E-state index contributed by atoms with van der Waals surface area (Å²) in [4.78, 5) is 2.08. The van der Waals surface area contributed by atoms with Crippen LogP contribution < -0.4 is 0 Å². The minimum Gasteiger partial charge on any atom is -0.389 e. The molecule has 80 valence electrons. The first-order valence-electron chi connectivity index (χ1n) is 5.03. The van der Waals surface area contributed by atoms with E-state index < -0.39 is 5.60 Å². The minimum atomic E-state index is -0.655. The summed E-state index contributed by atoms with van der Waals surface area (Å²) < 4.78 is 5.22. The second-order valence-corrected chi connectivity index (χ2v) is 4.07. The van der Waals surface area contributed by atoms with Crippen LogP contribution >= 0.6 is 0 Å². The van der Waals surface area contributed by atoms with Crippen LogP contribution in [0.5, 0.6) is 0 Å². The molecule has 0 saturated carbocycles. The Kier molecular flexibility index (Phi) is 3.87. The maximum Gasteiger partial charge on any atom is 0.156 e. The first-order chi connectivity index (χ1) is 6.57. The average Bonchev–Trinajstić information content (AvgIpc) is 2.17. The van der Waals surface area contributed by atoms with Crippen LogP contribution in [0.25, 0.3) is 0 Å². The molecule has 1 heterocycles. The van der Waals surface area contributed by atoms with Crippen molar-refractivity contribution >= 4 is 0 Å². The fourth-order valence-corrected chi connectivity index (χ4v) is 1.52. The molecular weight excluding hydrogens is 180 g/mol. The third-order valence-corrected chi connectivity index (χ3v) is 2.62. The fourth-order valence-electron chi connectivity index (χ4n) is 1.52. The number of rotatable bonds is 3. The maximum atomic E-state index is 9.87. The predicted molar refractivity (Wildman–Crippen MR) is 52.7 cm³/mol. The van der Waals surface area contributed by atoms with E-state index in [1.54, 1.807) is 0 Å². The summed E-state index contributed by atoms with van der Waals surface area (Å²) in [6, 6.07) is 2.09. The highest BCUT2D eigenvalue weighted by atomic mass is 16.5. The van der Waals surface area contributed by atoms with Crippen LogP contribution in [-0.2, 0) is 4.74 Å². The normalized spacial score (nSPS) is 28.0. The Morgan fingerprint density at radius 1 is 1.71 bits per heavy atom. The van der Waals surface area contributed by atoms with Crippen molar-refractivity contribution in [3.05, 3.63) is 0 Å². The van der Waals surface area contributed by atoms with Gasteiger partial charge in [0.05, 0.1) is 18.3 Å². The van der Waals surface area contributed by atoms with E-state index in [0.29, 0.717) is 19.7 Å². The Bertz CT molecular complexity index is 223. The number of nitriles is 1. The summed E-state index contributed by atoms with van der Waals surface area (Å²) >= 11 is 0. The van der Waals surface area contributed by atoms with Gasteiger partial charge in [-0.05, 0) is 13.3 Å². The first-order valence-corrected chi connectivity index (χ1v) is 5.03. The van der Waals surface area contributed by atoms with E-state index in [2.05, 4.69) is 11.0 Å². The molecule has 0 bridgehead atoms. The molecule has 1 aliphatic rings. The topological polar surface area (TPSA) is 56.5 Å². The van der Waals surface area contributed by atoms with Crippen molar-refractivity contribution in [2.45, 2.75) is 32.0 Å². The largest absolute Gasteiger partial charge is 0.389 e. The summed E-state index contributed by atoms with van der Waals surface area (Å²) in [5.41, 5.74) is -0.655. The van der Waals surface area contributed by atoms with Crippen LogP contribution in [0, 0.1) is 11.3 Å². The summed E-state index contributed by atoms with van der Waals surface area (Å²) in [5.74, 6) is 0. The highest BCUT2D eigenvalue weighted by Crippen LogP contribution is 2.13. The molecule has 0 aromatic carbocycles. The standard InChI is InChI=1S/C10H18N2O2/c1-3-10(2,13)8-12-4-5-14-9(6-11)7-12/h9,13H,3-5,7-8H2,1-2H3. The molecule has 1 aliphatic heterocycles. The smallest absolute Gasteiger partial charge is 0.156 e. The summed E-state index contributed by atoms with van der Waals surface area (Å²) in [6.45, 7) is 6.39. The molecule has 1 saturated heterocycles. The third-order valence-electron chi connectivity index (χ3n) is 2.62. The van der Waals surface area contributed by atoms with E-state index >= 15 is 0 Å². The molecule has 14 heavy (non-hydrogen) atoms. The van der Waals surface area contributed by atoms with Crippen LogP contribution in [0.3, 0.4) is 0 Å². The monoisotopic (exact) mass is 198 g/mol. The van der Waals surface area contributed by atoms with Crippen LogP contribution in [0.1, 0.15) is 20.3 Å². The van der Waals surface area contributed by atoms with Crippen LogP contribution in [0.2, 0.25) is 0 Å². The molecule has 2 atom stereocenters. The molecule has 4 nitrogen and oxygen atoms in total. The van der Waals surface area contributed by atoms with Crippen molar-refractivity contribution in [1.82, 2.24) is 4.90 Å². The van der Waals surface area contributed by atoms with Crippen molar-refractivity contribution in [2.24, 2.45) is 0 Å². The molecule has 1 rings (SSSR count). The number of β-amino-alcohol motifs (C(OH)–C–C–N with tert-alkyl or cyclic N) is 1. The molecule has 1 N–H and O–H groups in total.